The molecule has 2 N–H and O–H groups in total. The third kappa shape index (κ3) is 2.94. The van der Waals surface area contributed by atoms with E-state index in [0.29, 0.717) is 0 Å². The second-order valence-electron chi connectivity index (χ2n) is 6.46. The monoisotopic (exact) mass is 286 g/mol. The van der Waals surface area contributed by atoms with Crippen molar-refractivity contribution < 1.29 is 9.90 Å². The molecule has 1 saturated carbocycles. The zero-order valence-corrected chi connectivity index (χ0v) is 12.5. The Morgan fingerprint density at radius 3 is 2.76 bits per heavy atom. The quantitative estimate of drug-likeness (QED) is 0.897. The standard InChI is InChI=1S/C17H22N2O2/c1-12-6-5-7-13-16(12)19-14(18-13)10-17(11-15(20)21)8-3-2-4-9-17/h5-7H,2-4,8-11H2,1H3,(H,18,19)(H,20,21). The zero-order valence-electron chi connectivity index (χ0n) is 12.5. The molecular weight excluding hydrogens is 264 g/mol. The minimum absolute atomic E-state index is 0.119. The number of imidazole rings is 1. The van der Waals surface area contributed by atoms with Crippen LogP contribution in [0.5, 0.6) is 0 Å². The first-order valence-corrected chi connectivity index (χ1v) is 7.74. The summed E-state index contributed by atoms with van der Waals surface area (Å²) in [5.41, 5.74) is 3.09. The van der Waals surface area contributed by atoms with Gasteiger partial charge in [-0.1, -0.05) is 31.4 Å². The lowest BCUT2D eigenvalue weighted by Gasteiger charge is -2.35. The number of fused-ring (bicyclic) bond motifs is 1. The Morgan fingerprint density at radius 2 is 2.10 bits per heavy atom. The number of nitrogens with zero attached hydrogens (tertiary/aromatic N) is 1. The third-order valence-corrected chi connectivity index (χ3v) is 4.75. The minimum atomic E-state index is -0.691. The van der Waals surface area contributed by atoms with E-state index in [1.807, 2.05) is 12.1 Å². The molecule has 0 aliphatic heterocycles. The number of carboxylic acid groups (broad SMARTS) is 1. The highest BCUT2D eigenvalue weighted by Crippen LogP contribution is 2.42. The van der Waals surface area contributed by atoms with Crippen molar-refractivity contribution in [3.63, 3.8) is 0 Å². The Morgan fingerprint density at radius 1 is 1.33 bits per heavy atom. The van der Waals surface area contributed by atoms with Crippen LogP contribution >= 0.6 is 0 Å². The number of aliphatic carboxylic acids is 1. The van der Waals surface area contributed by atoms with E-state index in [-0.39, 0.29) is 11.8 Å². The number of hydrogen-bond acceptors (Lipinski definition) is 2. The van der Waals surface area contributed by atoms with Gasteiger partial charge in [0.2, 0.25) is 0 Å². The fraction of sp³-hybridized carbons (Fsp3) is 0.529. The summed E-state index contributed by atoms with van der Waals surface area (Å²) in [5, 5.41) is 9.26. The van der Waals surface area contributed by atoms with E-state index in [4.69, 9.17) is 4.98 Å². The number of aryl methyl sites for hydroxylation is 1. The van der Waals surface area contributed by atoms with Gasteiger partial charge in [0.1, 0.15) is 5.82 Å². The molecule has 1 aliphatic rings. The summed E-state index contributed by atoms with van der Waals surface area (Å²) in [6.07, 6.45) is 6.47. The van der Waals surface area contributed by atoms with Gasteiger partial charge in [-0.25, -0.2) is 4.98 Å². The summed E-state index contributed by atoms with van der Waals surface area (Å²) in [7, 11) is 0. The van der Waals surface area contributed by atoms with Gasteiger partial charge >= 0.3 is 5.97 Å². The van der Waals surface area contributed by atoms with Crippen LogP contribution in [0.15, 0.2) is 18.2 Å². The lowest BCUT2D eigenvalue weighted by Crippen LogP contribution is -2.30. The molecule has 112 valence electrons. The lowest BCUT2D eigenvalue weighted by molar-refractivity contribution is -0.140. The van der Waals surface area contributed by atoms with E-state index in [1.54, 1.807) is 0 Å². The van der Waals surface area contributed by atoms with E-state index < -0.39 is 5.97 Å². The Bertz CT molecular complexity index is 654. The zero-order chi connectivity index (χ0) is 14.9. The second kappa shape index (κ2) is 5.51. The molecule has 1 aliphatic carbocycles. The maximum atomic E-state index is 11.3. The van der Waals surface area contributed by atoms with Gasteiger partial charge in [-0.15, -0.1) is 0 Å². The third-order valence-electron chi connectivity index (χ3n) is 4.75. The molecule has 3 rings (SSSR count). The predicted molar refractivity (Wildman–Crippen MR) is 82.3 cm³/mol. The first-order chi connectivity index (χ1) is 10.1. The molecule has 1 heterocycles. The molecule has 0 unspecified atom stereocenters. The van der Waals surface area contributed by atoms with Gasteiger partial charge < -0.3 is 10.1 Å². The highest BCUT2D eigenvalue weighted by atomic mass is 16.4. The number of H-pyrrole nitrogens is 1. The molecule has 1 fully saturated rings. The molecule has 2 aromatic rings. The first kappa shape index (κ1) is 14.1. The van der Waals surface area contributed by atoms with E-state index in [0.717, 1.165) is 54.5 Å². The number of aromatic nitrogens is 2. The van der Waals surface area contributed by atoms with Gasteiger partial charge in [-0.3, -0.25) is 4.79 Å². The molecule has 1 aromatic carbocycles. The number of aromatic amines is 1. The van der Waals surface area contributed by atoms with Crippen LogP contribution in [0.2, 0.25) is 0 Å². The van der Waals surface area contributed by atoms with Crippen LogP contribution in [-0.4, -0.2) is 21.0 Å². The molecule has 0 spiro atoms. The molecule has 4 nitrogen and oxygen atoms in total. The van der Waals surface area contributed by atoms with E-state index in [2.05, 4.69) is 18.0 Å². The van der Waals surface area contributed by atoms with Crippen LogP contribution in [0.4, 0.5) is 0 Å². The number of benzene rings is 1. The molecule has 0 amide bonds. The highest BCUT2D eigenvalue weighted by Gasteiger charge is 2.35. The summed E-state index contributed by atoms with van der Waals surface area (Å²) in [6.45, 7) is 2.06. The van der Waals surface area contributed by atoms with Crippen molar-refractivity contribution in [1.29, 1.82) is 0 Å². The van der Waals surface area contributed by atoms with Gasteiger partial charge in [0.05, 0.1) is 17.5 Å². The van der Waals surface area contributed by atoms with Gasteiger partial charge in [0, 0.05) is 6.42 Å². The van der Waals surface area contributed by atoms with E-state index >= 15 is 0 Å². The van der Waals surface area contributed by atoms with Crippen LogP contribution in [-0.2, 0) is 11.2 Å². The van der Waals surface area contributed by atoms with Gasteiger partial charge in [0.25, 0.3) is 0 Å². The average Bonchev–Trinajstić information content (AvgIpc) is 2.82. The summed E-state index contributed by atoms with van der Waals surface area (Å²) < 4.78 is 0. The number of para-hydroxylation sites is 1. The number of carboxylic acids is 1. The van der Waals surface area contributed by atoms with E-state index in [9.17, 15) is 9.90 Å². The molecule has 0 saturated heterocycles. The van der Waals surface area contributed by atoms with Crippen LogP contribution in [0.3, 0.4) is 0 Å². The predicted octanol–water partition coefficient (Wildman–Crippen LogP) is 3.84. The SMILES string of the molecule is Cc1cccc2[nH]c(CC3(CC(=O)O)CCCCC3)nc12. The van der Waals surface area contributed by atoms with Crippen molar-refractivity contribution in [3.05, 3.63) is 29.6 Å². The second-order valence-corrected chi connectivity index (χ2v) is 6.46. The molecular formula is C17H22N2O2. The van der Waals surface area contributed by atoms with Gasteiger partial charge in [-0.05, 0) is 36.8 Å². The molecule has 4 heteroatoms. The van der Waals surface area contributed by atoms with Crippen molar-refractivity contribution in [2.45, 2.75) is 51.9 Å². The summed E-state index contributed by atoms with van der Waals surface area (Å²) >= 11 is 0. The van der Waals surface area contributed by atoms with Crippen molar-refractivity contribution in [1.82, 2.24) is 9.97 Å². The van der Waals surface area contributed by atoms with Crippen molar-refractivity contribution >= 4 is 17.0 Å². The van der Waals surface area contributed by atoms with Crippen molar-refractivity contribution in [2.75, 3.05) is 0 Å². The Balaban J connectivity index is 1.90. The van der Waals surface area contributed by atoms with Crippen LogP contribution in [0.25, 0.3) is 11.0 Å². The van der Waals surface area contributed by atoms with Crippen LogP contribution in [0.1, 0.15) is 49.9 Å². The lowest BCUT2D eigenvalue weighted by atomic mass is 9.69. The molecule has 0 atom stereocenters. The number of nitrogens with one attached hydrogen (secondary N) is 1. The average molecular weight is 286 g/mol. The fourth-order valence-electron chi connectivity index (χ4n) is 3.70. The van der Waals surface area contributed by atoms with Gasteiger partial charge in [-0.2, -0.15) is 0 Å². The van der Waals surface area contributed by atoms with Gasteiger partial charge in [0.15, 0.2) is 0 Å². The summed E-state index contributed by atoms with van der Waals surface area (Å²) in [4.78, 5) is 19.3. The summed E-state index contributed by atoms with van der Waals surface area (Å²) in [6, 6.07) is 6.11. The van der Waals surface area contributed by atoms with Crippen molar-refractivity contribution in [3.8, 4) is 0 Å². The highest BCUT2D eigenvalue weighted by molar-refractivity contribution is 5.78. The topological polar surface area (TPSA) is 66.0 Å². The smallest absolute Gasteiger partial charge is 0.303 e. The largest absolute Gasteiger partial charge is 0.481 e. The van der Waals surface area contributed by atoms with Crippen LogP contribution < -0.4 is 0 Å². The minimum Gasteiger partial charge on any atom is -0.481 e. The fourth-order valence-corrected chi connectivity index (χ4v) is 3.70. The van der Waals surface area contributed by atoms with E-state index in [1.165, 1.54) is 6.42 Å². The maximum absolute atomic E-state index is 11.3. The number of carbonyl (C=O) groups is 1. The summed E-state index contributed by atoms with van der Waals surface area (Å²) in [5.74, 6) is 0.242. The normalized spacial score (nSPS) is 18.0. The maximum Gasteiger partial charge on any atom is 0.303 e. The number of hydrogen-bond donors (Lipinski definition) is 2. The molecule has 21 heavy (non-hydrogen) atoms. The Hall–Kier alpha value is -1.84. The number of rotatable bonds is 4. The molecule has 1 aromatic heterocycles. The first-order valence-electron chi connectivity index (χ1n) is 7.74. The van der Waals surface area contributed by atoms with Crippen molar-refractivity contribution in [2.24, 2.45) is 5.41 Å². The Kier molecular flexibility index (Phi) is 3.70. The Labute approximate surface area is 124 Å². The molecule has 0 bridgehead atoms. The molecule has 0 radical (unpaired) electrons. The van der Waals surface area contributed by atoms with Crippen LogP contribution in [0, 0.1) is 12.3 Å².